The van der Waals surface area contributed by atoms with Crippen molar-refractivity contribution in [1.29, 1.82) is 0 Å². The molecule has 2 amide bonds. The van der Waals surface area contributed by atoms with E-state index in [1.807, 2.05) is 47.4 Å². The first-order valence-electron chi connectivity index (χ1n) is 9.06. The van der Waals surface area contributed by atoms with Gasteiger partial charge in [-0.25, -0.2) is 4.98 Å². The van der Waals surface area contributed by atoms with Crippen LogP contribution in [0.25, 0.3) is 10.8 Å². The fourth-order valence-corrected chi connectivity index (χ4v) is 3.48. The average molecular weight is 360 g/mol. The van der Waals surface area contributed by atoms with E-state index in [1.165, 1.54) is 12.4 Å². The van der Waals surface area contributed by atoms with E-state index < -0.39 is 0 Å². The smallest absolute Gasteiger partial charge is 0.274 e. The minimum atomic E-state index is -0.137. The molecule has 2 heterocycles. The topological polar surface area (TPSA) is 66.4 Å². The Morgan fingerprint density at radius 3 is 2.33 bits per heavy atom. The number of nitrogens with zero attached hydrogens (tertiary/aromatic N) is 4. The predicted octanol–water partition coefficient (Wildman–Crippen LogP) is 2.62. The maximum atomic E-state index is 13.1. The largest absolute Gasteiger partial charge is 0.337 e. The number of benzene rings is 2. The van der Waals surface area contributed by atoms with E-state index in [-0.39, 0.29) is 11.8 Å². The number of amides is 2. The zero-order valence-electron chi connectivity index (χ0n) is 14.9. The maximum absolute atomic E-state index is 13.1. The second-order valence-corrected chi connectivity index (χ2v) is 6.56. The molecule has 1 saturated heterocycles. The van der Waals surface area contributed by atoms with Crippen LogP contribution in [-0.4, -0.2) is 57.8 Å². The lowest BCUT2D eigenvalue weighted by Gasteiger charge is -2.22. The Bertz CT molecular complexity index is 969. The molecule has 27 heavy (non-hydrogen) atoms. The molecule has 0 bridgehead atoms. The Labute approximate surface area is 157 Å². The maximum Gasteiger partial charge on any atom is 0.274 e. The van der Waals surface area contributed by atoms with Gasteiger partial charge in [-0.3, -0.25) is 14.6 Å². The van der Waals surface area contributed by atoms with E-state index >= 15 is 0 Å². The molecule has 0 atom stereocenters. The summed E-state index contributed by atoms with van der Waals surface area (Å²) in [5.41, 5.74) is 1.05. The first-order valence-corrected chi connectivity index (χ1v) is 9.06. The molecule has 0 radical (unpaired) electrons. The summed E-state index contributed by atoms with van der Waals surface area (Å²) in [6, 6.07) is 13.7. The quantitative estimate of drug-likeness (QED) is 0.705. The first kappa shape index (κ1) is 17.1. The molecule has 6 nitrogen and oxygen atoms in total. The van der Waals surface area contributed by atoms with Crippen molar-refractivity contribution < 1.29 is 9.59 Å². The summed E-state index contributed by atoms with van der Waals surface area (Å²) in [6.07, 6.45) is 5.28. The van der Waals surface area contributed by atoms with Crippen molar-refractivity contribution >= 4 is 22.6 Å². The van der Waals surface area contributed by atoms with Crippen molar-refractivity contribution in [3.05, 3.63) is 72.3 Å². The highest BCUT2D eigenvalue weighted by atomic mass is 16.2. The number of hydrogen-bond donors (Lipinski definition) is 0. The molecule has 3 aromatic rings. The number of carbonyl (C=O) groups excluding carboxylic acids is 2. The van der Waals surface area contributed by atoms with Crippen molar-refractivity contribution in [2.24, 2.45) is 0 Å². The number of fused-ring (bicyclic) bond motifs is 1. The lowest BCUT2D eigenvalue weighted by Crippen LogP contribution is -2.37. The van der Waals surface area contributed by atoms with Gasteiger partial charge in [0.2, 0.25) is 0 Å². The SMILES string of the molecule is O=C(c1cnccn1)N1CCCN(C(=O)c2cccc3ccccc23)CC1. The second kappa shape index (κ2) is 7.53. The van der Waals surface area contributed by atoms with E-state index in [1.54, 1.807) is 11.1 Å². The molecule has 136 valence electrons. The predicted molar refractivity (Wildman–Crippen MR) is 102 cm³/mol. The van der Waals surface area contributed by atoms with Gasteiger partial charge in [0.05, 0.1) is 6.20 Å². The molecule has 1 aliphatic rings. The van der Waals surface area contributed by atoms with Crippen molar-refractivity contribution in [2.75, 3.05) is 26.2 Å². The third-order valence-corrected chi connectivity index (χ3v) is 4.87. The summed E-state index contributed by atoms with van der Waals surface area (Å²) in [5.74, 6) is -0.122. The molecule has 1 aromatic heterocycles. The Morgan fingerprint density at radius 1 is 0.815 bits per heavy atom. The van der Waals surface area contributed by atoms with Crippen LogP contribution in [0.5, 0.6) is 0 Å². The van der Waals surface area contributed by atoms with Crippen molar-refractivity contribution in [3.8, 4) is 0 Å². The number of hydrogen-bond acceptors (Lipinski definition) is 4. The van der Waals surface area contributed by atoms with Crippen LogP contribution < -0.4 is 0 Å². The summed E-state index contributed by atoms with van der Waals surface area (Å²) in [6.45, 7) is 2.24. The second-order valence-electron chi connectivity index (χ2n) is 6.56. The lowest BCUT2D eigenvalue weighted by molar-refractivity contribution is 0.0716. The van der Waals surface area contributed by atoms with E-state index in [0.29, 0.717) is 37.4 Å². The van der Waals surface area contributed by atoms with Crippen molar-refractivity contribution in [3.63, 3.8) is 0 Å². The molecule has 0 spiro atoms. The van der Waals surface area contributed by atoms with Gasteiger partial charge in [0.1, 0.15) is 5.69 Å². The van der Waals surface area contributed by atoms with Crippen LogP contribution in [0, 0.1) is 0 Å². The van der Waals surface area contributed by atoms with Crippen LogP contribution in [0.1, 0.15) is 27.3 Å². The number of aromatic nitrogens is 2. The lowest BCUT2D eigenvalue weighted by atomic mass is 10.0. The van der Waals surface area contributed by atoms with Gasteiger partial charge < -0.3 is 9.80 Å². The van der Waals surface area contributed by atoms with Gasteiger partial charge in [0.25, 0.3) is 11.8 Å². The molecule has 1 aliphatic heterocycles. The van der Waals surface area contributed by atoms with Gasteiger partial charge in [-0.2, -0.15) is 0 Å². The molecule has 1 fully saturated rings. The highest BCUT2D eigenvalue weighted by Crippen LogP contribution is 2.21. The number of carbonyl (C=O) groups is 2. The standard InChI is InChI=1S/C21H20N4O2/c26-20(18-8-3-6-16-5-1-2-7-17(16)18)24-11-4-12-25(14-13-24)21(27)19-15-22-9-10-23-19/h1-3,5-10,15H,4,11-14H2. The normalized spacial score (nSPS) is 14.8. The average Bonchev–Trinajstić information content (AvgIpc) is 2.99. The summed E-state index contributed by atoms with van der Waals surface area (Å²) < 4.78 is 0. The molecule has 0 aliphatic carbocycles. The van der Waals surface area contributed by atoms with Crippen LogP contribution >= 0.6 is 0 Å². The zero-order valence-corrected chi connectivity index (χ0v) is 14.9. The summed E-state index contributed by atoms with van der Waals surface area (Å²) in [7, 11) is 0. The van der Waals surface area contributed by atoms with Crippen LogP contribution in [-0.2, 0) is 0 Å². The molecule has 0 unspecified atom stereocenters. The van der Waals surface area contributed by atoms with Gasteiger partial charge in [0.15, 0.2) is 0 Å². The van der Waals surface area contributed by atoms with E-state index in [2.05, 4.69) is 9.97 Å². The fourth-order valence-electron chi connectivity index (χ4n) is 3.48. The zero-order chi connectivity index (χ0) is 18.6. The molecular formula is C21H20N4O2. The summed E-state index contributed by atoms with van der Waals surface area (Å²) in [4.78, 5) is 37.3. The van der Waals surface area contributed by atoms with E-state index in [9.17, 15) is 9.59 Å². The molecular weight excluding hydrogens is 340 g/mol. The molecule has 2 aromatic carbocycles. The molecule has 0 N–H and O–H groups in total. The van der Waals surface area contributed by atoms with Gasteiger partial charge in [0, 0.05) is 44.1 Å². The Kier molecular flexibility index (Phi) is 4.78. The van der Waals surface area contributed by atoms with Gasteiger partial charge in [-0.05, 0) is 23.3 Å². The van der Waals surface area contributed by atoms with E-state index in [0.717, 1.165) is 17.2 Å². The minimum Gasteiger partial charge on any atom is -0.337 e. The van der Waals surface area contributed by atoms with Crippen molar-refractivity contribution in [2.45, 2.75) is 6.42 Å². The summed E-state index contributed by atoms with van der Waals surface area (Å²) >= 11 is 0. The van der Waals surface area contributed by atoms with Crippen molar-refractivity contribution in [1.82, 2.24) is 19.8 Å². The molecule has 0 saturated carbocycles. The van der Waals surface area contributed by atoms with Crippen LogP contribution in [0.15, 0.2) is 61.1 Å². The van der Waals surface area contributed by atoms with Crippen LogP contribution in [0.2, 0.25) is 0 Å². The third-order valence-electron chi connectivity index (χ3n) is 4.87. The minimum absolute atomic E-state index is 0.0144. The van der Waals surface area contributed by atoms with Gasteiger partial charge >= 0.3 is 0 Å². The third kappa shape index (κ3) is 3.51. The monoisotopic (exact) mass is 360 g/mol. The Morgan fingerprint density at radius 2 is 1.56 bits per heavy atom. The van der Waals surface area contributed by atoms with Gasteiger partial charge in [-0.15, -0.1) is 0 Å². The van der Waals surface area contributed by atoms with Crippen LogP contribution in [0.4, 0.5) is 0 Å². The van der Waals surface area contributed by atoms with Gasteiger partial charge in [-0.1, -0.05) is 36.4 Å². The first-order chi connectivity index (χ1) is 13.2. The van der Waals surface area contributed by atoms with Crippen LogP contribution in [0.3, 0.4) is 0 Å². The fraction of sp³-hybridized carbons (Fsp3) is 0.238. The summed E-state index contributed by atoms with van der Waals surface area (Å²) in [5, 5.41) is 2.01. The van der Waals surface area contributed by atoms with E-state index in [4.69, 9.17) is 0 Å². The highest BCUT2D eigenvalue weighted by molar-refractivity contribution is 6.07. The Balaban J connectivity index is 1.51. The molecule has 4 rings (SSSR count). The number of rotatable bonds is 2. The molecule has 6 heteroatoms. The highest BCUT2D eigenvalue weighted by Gasteiger charge is 2.24. The Hall–Kier alpha value is -3.28.